The maximum atomic E-state index is 5.53. The van der Waals surface area contributed by atoms with E-state index >= 15 is 0 Å². The van der Waals surface area contributed by atoms with Gasteiger partial charge >= 0.3 is 0 Å². The number of rotatable bonds is 4. The van der Waals surface area contributed by atoms with Crippen LogP contribution in [0, 0.1) is 5.92 Å². The van der Waals surface area contributed by atoms with Gasteiger partial charge in [-0.25, -0.2) is 0 Å². The molecule has 1 unspecified atom stereocenters. The van der Waals surface area contributed by atoms with Gasteiger partial charge in [-0.3, -0.25) is 0 Å². The van der Waals surface area contributed by atoms with Crippen molar-refractivity contribution in [3.63, 3.8) is 0 Å². The smallest absolute Gasteiger partial charge is 0.227 e. The Kier molecular flexibility index (Phi) is 3.13. The molecule has 5 heteroatoms. The zero-order valence-corrected chi connectivity index (χ0v) is 9.33. The minimum atomic E-state index is 0.376. The zero-order chi connectivity index (χ0) is 10.7. The molecule has 2 aromatic heterocycles. The van der Waals surface area contributed by atoms with Gasteiger partial charge in [-0.1, -0.05) is 12.1 Å². The maximum Gasteiger partial charge on any atom is 0.227 e. The summed E-state index contributed by atoms with van der Waals surface area (Å²) in [6.07, 6.45) is 0.744. The monoisotopic (exact) mass is 223 g/mol. The number of nitrogens with two attached hydrogens (primary N) is 1. The third kappa shape index (κ3) is 2.43. The fraction of sp³-hybridized carbons (Fsp3) is 0.400. The molecule has 2 heterocycles. The van der Waals surface area contributed by atoms with Crippen molar-refractivity contribution in [2.75, 3.05) is 6.54 Å². The third-order valence-electron chi connectivity index (χ3n) is 2.17. The molecule has 1 atom stereocenters. The normalized spacial score (nSPS) is 12.9. The minimum absolute atomic E-state index is 0.376. The summed E-state index contributed by atoms with van der Waals surface area (Å²) in [5.74, 6) is 1.70. The Balaban J connectivity index is 2.11. The van der Waals surface area contributed by atoms with Crippen molar-refractivity contribution in [3.8, 4) is 11.4 Å². The van der Waals surface area contributed by atoms with Crippen LogP contribution in [0.5, 0.6) is 0 Å². The molecular formula is C10H13N3OS. The van der Waals surface area contributed by atoms with Gasteiger partial charge in [-0.15, -0.1) is 0 Å². The Morgan fingerprint density at radius 1 is 1.60 bits per heavy atom. The van der Waals surface area contributed by atoms with Crippen molar-refractivity contribution in [1.82, 2.24) is 10.1 Å². The van der Waals surface area contributed by atoms with Gasteiger partial charge in [0.25, 0.3) is 0 Å². The highest BCUT2D eigenvalue weighted by Gasteiger charge is 2.11. The molecule has 15 heavy (non-hydrogen) atoms. The predicted molar refractivity (Wildman–Crippen MR) is 59.5 cm³/mol. The number of thiophene rings is 1. The van der Waals surface area contributed by atoms with Gasteiger partial charge in [-0.2, -0.15) is 16.3 Å². The molecule has 2 aromatic rings. The summed E-state index contributed by atoms with van der Waals surface area (Å²) < 4.78 is 5.15. The van der Waals surface area contributed by atoms with Crippen LogP contribution in [-0.4, -0.2) is 16.7 Å². The quantitative estimate of drug-likeness (QED) is 0.860. The van der Waals surface area contributed by atoms with E-state index in [0.29, 0.717) is 24.2 Å². The summed E-state index contributed by atoms with van der Waals surface area (Å²) in [6, 6.07) is 1.98. The lowest BCUT2D eigenvalue weighted by atomic mass is 10.1. The topological polar surface area (TPSA) is 64.9 Å². The molecule has 0 aliphatic rings. The Labute approximate surface area is 92.1 Å². The molecule has 0 saturated carbocycles. The van der Waals surface area contributed by atoms with Gasteiger partial charge in [0.15, 0.2) is 0 Å². The zero-order valence-electron chi connectivity index (χ0n) is 8.51. The van der Waals surface area contributed by atoms with Crippen molar-refractivity contribution >= 4 is 11.3 Å². The molecule has 0 aromatic carbocycles. The molecule has 80 valence electrons. The molecule has 0 amide bonds. The van der Waals surface area contributed by atoms with Crippen LogP contribution in [0.4, 0.5) is 0 Å². The first-order valence-electron chi connectivity index (χ1n) is 4.85. The van der Waals surface area contributed by atoms with Gasteiger partial charge in [0, 0.05) is 17.4 Å². The molecule has 0 fully saturated rings. The fourth-order valence-corrected chi connectivity index (χ4v) is 1.86. The summed E-state index contributed by atoms with van der Waals surface area (Å²) >= 11 is 1.62. The highest BCUT2D eigenvalue weighted by molar-refractivity contribution is 7.08. The predicted octanol–water partition coefficient (Wildman–Crippen LogP) is 1.94. The highest BCUT2D eigenvalue weighted by Crippen LogP contribution is 2.19. The van der Waals surface area contributed by atoms with E-state index in [1.807, 2.05) is 16.8 Å². The first-order valence-corrected chi connectivity index (χ1v) is 5.79. The van der Waals surface area contributed by atoms with Gasteiger partial charge in [0.1, 0.15) is 0 Å². The largest absolute Gasteiger partial charge is 0.339 e. The Morgan fingerprint density at radius 3 is 3.13 bits per heavy atom. The van der Waals surface area contributed by atoms with Gasteiger partial charge < -0.3 is 10.3 Å². The van der Waals surface area contributed by atoms with Crippen molar-refractivity contribution in [2.24, 2.45) is 11.7 Å². The molecule has 0 bridgehead atoms. The lowest BCUT2D eigenvalue weighted by molar-refractivity contribution is 0.360. The van der Waals surface area contributed by atoms with E-state index < -0.39 is 0 Å². The van der Waals surface area contributed by atoms with Gasteiger partial charge in [-0.05, 0) is 23.9 Å². The number of aromatic nitrogens is 2. The third-order valence-corrected chi connectivity index (χ3v) is 2.86. The van der Waals surface area contributed by atoms with E-state index in [1.165, 1.54) is 0 Å². The van der Waals surface area contributed by atoms with Gasteiger partial charge in [0.2, 0.25) is 11.7 Å². The molecule has 0 aliphatic heterocycles. The van der Waals surface area contributed by atoms with Gasteiger partial charge in [0.05, 0.1) is 0 Å². The SMILES string of the molecule is CC(CN)Cc1nc(-c2ccsc2)no1. The lowest BCUT2D eigenvalue weighted by Gasteiger charge is -2.01. The summed E-state index contributed by atoms with van der Waals surface area (Å²) in [5.41, 5.74) is 6.54. The summed E-state index contributed by atoms with van der Waals surface area (Å²) in [4.78, 5) is 4.31. The van der Waals surface area contributed by atoms with E-state index in [2.05, 4.69) is 17.1 Å². The summed E-state index contributed by atoms with van der Waals surface area (Å²) in [6.45, 7) is 2.70. The van der Waals surface area contributed by atoms with Crippen LogP contribution in [-0.2, 0) is 6.42 Å². The number of hydrogen-bond acceptors (Lipinski definition) is 5. The van der Waals surface area contributed by atoms with E-state index in [-0.39, 0.29) is 0 Å². The van der Waals surface area contributed by atoms with E-state index in [1.54, 1.807) is 11.3 Å². The van der Waals surface area contributed by atoms with Crippen molar-refractivity contribution in [3.05, 3.63) is 22.7 Å². The first kappa shape index (κ1) is 10.3. The number of hydrogen-bond donors (Lipinski definition) is 1. The van der Waals surface area contributed by atoms with E-state index in [9.17, 15) is 0 Å². The second-order valence-corrected chi connectivity index (χ2v) is 4.35. The minimum Gasteiger partial charge on any atom is -0.339 e. The van der Waals surface area contributed by atoms with Crippen LogP contribution < -0.4 is 5.73 Å². The highest BCUT2D eigenvalue weighted by atomic mass is 32.1. The fourth-order valence-electron chi connectivity index (χ4n) is 1.23. The van der Waals surface area contributed by atoms with Crippen LogP contribution in [0.1, 0.15) is 12.8 Å². The second kappa shape index (κ2) is 4.55. The van der Waals surface area contributed by atoms with Crippen LogP contribution in [0.15, 0.2) is 21.3 Å². The van der Waals surface area contributed by atoms with Crippen molar-refractivity contribution in [1.29, 1.82) is 0 Å². The molecule has 0 spiro atoms. The molecule has 0 saturated heterocycles. The molecule has 0 aliphatic carbocycles. The van der Waals surface area contributed by atoms with Crippen molar-refractivity contribution in [2.45, 2.75) is 13.3 Å². The summed E-state index contributed by atoms with van der Waals surface area (Å²) in [7, 11) is 0. The van der Waals surface area contributed by atoms with E-state index in [0.717, 1.165) is 12.0 Å². The maximum absolute atomic E-state index is 5.53. The van der Waals surface area contributed by atoms with E-state index in [4.69, 9.17) is 10.3 Å². The Bertz CT molecular complexity index is 410. The molecule has 0 radical (unpaired) electrons. The molecule has 4 nitrogen and oxygen atoms in total. The second-order valence-electron chi connectivity index (χ2n) is 3.57. The Morgan fingerprint density at radius 2 is 2.47 bits per heavy atom. The molecule has 2 N–H and O–H groups in total. The van der Waals surface area contributed by atoms with Crippen molar-refractivity contribution < 1.29 is 4.52 Å². The lowest BCUT2D eigenvalue weighted by Crippen LogP contribution is -2.13. The Hall–Kier alpha value is -1.20. The van der Waals surface area contributed by atoms with Crippen LogP contribution in [0.25, 0.3) is 11.4 Å². The average Bonchev–Trinajstić information content (AvgIpc) is 2.85. The first-order chi connectivity index (χ1) is 7.29. The van der Waals surface area contributed by atoms with Crippen LogP contribution in [0.2, 0.25) is 0 Å². The molecule has 2 rings (SSSR count). The molecular weight excluding hydrogens is 210 g/mol. The number of nitrogens with zero attached hydrogens (tertiary/aromatic N) is 2. The van der Waals surface area contributed by atoms with Crippen LogP contribution >= 0.6 is 11.3 Å². The van der Waals surface area contributed by atoms with Crippen LogP contribution in [0.3, 0.4) is 0 Å². The average molecular weight is 223 g/mol. The summed E-state index contributed by atoms with van der Waals surface area (Å²) in [5, 5.41) is 7.92. The standard InChI is InChI=1S/C10H13N3OS/c1-7(5-11)4-9-12-10(13-14-9)8-2-3-15-6-8/h2-3,6-7H,4-5,11H2,1H3.